The van der Waals surface area contributed by atoms with E-state index in [0.717, 1.165) is 4.47 Å². The zero-order valence-electron chi connectivity index (χ0n) is 11.7. The SMILES string of the molecule is C=CC(=O)N1CC(CN2C(=O)COc3cc(Br)c(Cl)cc32)C1. The summed E-state index contributed by atoms with van der Waals surface area (Å²) < 4.78 is 6.18. The van der Waals surface area contributed by atoms with Gasteiger partial charge in [0.15, 0.2) is 6.61 Å². The number of anilines is 1. The van der Waals surface area contributed by atoms with E-state index < -0.39 is 0 Å². The average molecular weight is 386 g/mol. The second-order valence-corrected chi connectivity index (χ2v) is 6.60. The molecule has 1 fully saturated rings. The fourth-order valence-electron chi connectivity index (χ4n) is 2.65. The summed E-state index contributed by atoms with van der Waals surface area (Å²) in [5, 5.41) is 0.527. The summed E-state index contributed by atoms with van der Waals surface area (Å²) in [7, 11) is 0. The Bertz CT molecular complexity index is 658. The number of carbonyl (C=O) groups excluding carboxylic acids is 2. The standard InChI is InChI=1S/C15H14BrClN2O3/c1-2-14(20)18-5-9(6-18)7-19-12-4-11(17)10(16)3-13(12)22-8-15(19)21/h2-4,9H,1,5-8H2. The zero-order valence-corrected chi connectivity index (χ0v) is 14.1. The molecule has 3 rings (SSSR count). The molecule has 0 aromatic heterocycles. The number of nitrogens with zero attached hydrogens (tertiary/aromatic N) is 2. The van der Waals surface area contributed by atoms with Crippen LogP contribution in [0.5, 0.6) is 5.75 Å². The highest BCUT2D eigenvalue weighted by Crippen LogP contribution is 2.39. The van der Waals surface area contributed by atoms with Crippen molar-refractivity contribution in [1.29, 1.82) is 0 Å². The minimum atomic E-state index is -0.0978. The first kappa shape index (κ1) is 15.4. The fraction of sp³-hybridized carbons (Fsp3) is 0.333. The third-order valence-electron chi connectivity index (χ3n) is 3.83. The lowest BCUT2D eigenvalue weighted by Gasteiger charge is -2.42. The van der Waals surface area contributed by atoms with Crippen LogP contribution in [0.2, 0.25) is 5.02 Å². The van der Waals surface area contributed by atoms with Crippen LogP contribution in [0.3, 0.4) is 0 Å². The highest BCUT2D eigenvalue weighted by atomic mass is 79.9. The highest BCUT2D eigenvalue weighted by Gasteiger charge is 2.35. The van der Waals surface area contributed by atoms with Gasteiger partial charge in [0.05, 0.1) is 10.7 Å². The van der Waals surface area contributed by atoms with Crippen LogP contribution >= 0.6 is 27.5 Å². The van der Waals surface area contributed by atoms with E-state index in [1.807, 2.05) is 0 Å². The van der Waals surface area contributed by atoms with Crippen molar-refractivity contribution >= 4 is 45.0 Å². The summed E-state index contributed by atoms with van der Waals surface area (Å²) >= 11 is 9.47. The minimum absolute atomic E-state index is 0.0170. The summed E-state index contributed by atoms with van der Waals surface area (Å²) in [6, 6.07) is 3.49. The predicted molar refractivity (Wildman–Crippen MR) is 87.3 cm³/mol. The van der Waals surface area contributed by atoms with Crippen LogP contribution in [0.4, 0.5) is 5.69 Å². The highest BCUT2D eigenvalue weighted by molar-refractivity contribution is 9.10. The van der Waals surface area contributed by atoms with Gasteiger partial charge in [0.25, 0.3) is 5.91 Å². The Kier molecular flexibility index (Phi) is 4.14. The van der Waals surface area contributed by atoms with Gasteiger partial charge in [-0.05, 0) is 34.1 Å². The van der Waals surface area contributed by atoms with E-state index in [-0.39, 0.29) is 24.3 Å². The lowest BCUT2D eigenvalue weighted by atomic mass is 9.98. The Morgan fingerprint density at radius 1 is 1.50 bits per heavy atom. The summed E-state index contributed by atoms with van der Waals surface area (Å²) in [5.74, 6) is 0.715. The molecule has 0 radical (unpaired) electrons. The summed E-state index contributed by atoms with van der Waals surface area (Å²) in [6.07, 6.45) is 1.31. The van der Waals surface area contributed by atoms with Crippen LogP contribution in [-0.2, 0) is 9.59 Å². The molecule has 2 aliphatic rings. The van der Waals surface area contributed by atoms with Crippen molar-refractivity contribution in [2.45, 2.75) is 0 Å². The number of halogens is 2. The van der Waals surface area contributed by atoms with E-state index in [1.165, 1.54) is 6.08 Å². The van der Waals surface area contributed by atoms with E-state index in [1.54, 1.807) is 21.9 Å². The average Bonchev–Trinajstić information content (AvgIpc) is 2.45. The minimum Gasteiger partial charge on any atom is -0.482 e. The molecule has 0 atom stereocenters. The Balaban J connectivity index is 1.75. The molecule has 0 saturated carbocycles. The van der Waals surface area contributed by atoms with Crippen molar-refractivity contribution in [3.63, 3.8) is 0 Å². The van der Waals surface area contributed by atoms with Crippen molar-refractivity contribution in [2.24, 2.45) is 5.92 Å². The molecule has 1 aromatic rings. The van der Waals surface area contributed by atoms with Crippen molar-refractivity contribution in [3.8, 4) is 5.75 Å². The first-order valence-electron chi connectivity index (χ1n) is 6.83. The molecule has 0 spiro atoms. The largest absolute Gasteiger partial charge is 0.482 e. The summed E-state index contributed by atoms with van der Waals surface area (Å²) in [5.41, 5.74) is 0.679. The fourth-order valence-corrected chi connectivity index (χ4v) is 3.13. The van der Waals surface area contributed by atoms with E-state index >= 15 is 0 Å². The topological polar surface area (TPSA) is 49.9 Å². The number of carbonyl (C=O) groups is 2. The van der Waals surface area contributed by atoms with Crippen LogP contribution in [0.15, 0.2) is 29.3 Å². The Hall–Kier alpha value is -1.53. The van der Waals surface area contributed by atoms with Gasteiger partial charge >= 0.3 is 0 Å². The molecule has 2 heterocycles. The number of fused-ring (bicyclic) bond motifs is 1. The molecule has 1 aromatic carbocycles. The first-order chi connectivity index (χ1) is 10.5. The number of hydrogen-bond acceptors (Lipinski definition) is 3. The molecule has 0 bridgehead atoms. The number of hydrogen-bond donors (Lipinski definition) is 0. The number of likely N-dealkylation sites (tertiary alicyclic amines) is 1. The Morgan fingerprint density at radius 2 is 2.23 bits per heavy atom. The van der Waals surface area contributed by atoms with Gasteiger partial charge in [-0.2, -0.15) is 0 Å². The molecule has 116 valence electrons. The van der Waals surface area contributed by atoms with Crippen molar-refractivity contribution in [2.75, 3.05) is 31.1 Å². The molecule has 22 heavy (non-hydrogen) atoms. The summed E-state index contributed by atoms with van der Waals surface area (Å²) in [6.45, 7) is 5.31. The van der Waals surface area contributed by atoms with E-state index in [2.05, 4.69) is 22.5 Å². The molecule has 1 saturated heterocycles. The third-order valence-corrected chi connectivity index (χ3v) is 5.03. The number of amides is 2. The molecule has 0 aliphatic carbocycles. The second kappa shape index (κ2) is 5.93. The molecule has 2 amide bonds. The van der Waals surface area contributed by atoms with Gasteiger partial charge in [0.1, 0.15) is 5.75 Å². The van der Waals surface area contributed by atoms with Gasteiger partial charge in [0.2, 0.25) is 5.91 Å². The lowest BCUT2D eigenvalue weighted by Crippen LogP contribution is -2.55. The van der Waals surface area contributed by atoms with E-state index in [9.17, 15) is 9.59 Å². The van der Waals surface area contributed by atoms with Crippen LogP contribution < -0.4 is 9.64 Å². The maximum absolute atomic E-state index is 12.1. The van der Waals surface area contributed by atoms with E-state index in [4.69, 9.17) is 16.3 Å². The van der Waals surface area contributed by atoms with E-state index in [0.29, 0.717) is 36.1 Å². The monoisotopic (exact) mass is 384 g/mol. The quantitative estimate of drug-likeness (QED) is 0.751. The predicted octanol–water partition coefficient (Wildman–Crippen LogP) is 2.47. The maximum atomic E-state index is 12.1. The maximum Gasteiger partial charge on any atom is 0.265 e. The normalized spacial score (nSPS) is 17.6. The molecule has 0 unspecified atom stereocenters. The van der Waals surface area contributed by atoms with Crippen molar-refractivity contribution in [1.82, 2.24) is 4.90 Å². The van der Waals surface area contributed by atoms with Crippen LogP contribution in [-0.4, -0.2) is 43.0 Å². The lowest BCUT2D eigenvalue weighted by molar-refractivity contribution is -0.131. The second-order valence-electron chi connectivity index (χ2n) is 5.34. The zero-order chi connectivity index (χ0) is 15.9. The van der Waals surface area contributed by atoms with Crippen LogP contribution in [0.25, 0.3) is 0 Å². The van der Waals surface area contributed by atoms with Gasteiger partial charge in [-0.25, -0.2) is 0 Å². The van der Waals surface area contributed by atoms with Crippen LogP contribution in [0, 0.1) is 5.92 Å². The van der Waals surface area contributed by atoms with Gasteiger partial charge in [-0.15, -0.1) is 0 Å². The first-order valence-corrected chi connectivity index (χ1v) is 8.00. The number of ether oxygens (including phenoxy) is 1. The van der Waals surface area contributed by atoms with Gasteiger partial charge in [-0.3, -0.25) is 9.59 Å². The molecule has 5 nitrogen and oxygen atoms in total. The number of rotatable bonds is 3. The summed E-state index contributed by atoms with van der Waals surface area (Å²) in [4.78, 5) is 27.0. The van der Waals surface area contributed by atoms with Crippen molar-refractivity contribution in [3.05, 3.63) is 34.3 Å². The van der Waals surface area contributed by atoms with Crippen LogP contribution in [0.1, 0.15) is 0 Å². The van der Waals surface area contributed by atoms with Crippen molar-refractivity contribution < 1.29 is 14.3 Å². The Labute approximate surface area is 141 Å². The Morgan fingerprint density at radius 3 is 2.91 bits per heavy atom. The van der Waals surface area contributed by atoms with Gasteiger partial charge < -0.3 is 14.5 Å². The number of benzene rings is 1. The van der Waals surface area contributed by atoms with Gasteiger partial charge in [-0.1, -0.05) is 18.2 Å². The molecular formula is C15H14BrClN2O3. The van der Waals surface area contributed by atoms with Gasteiger partial charge in [0, 0.05) is 30.0 Å². The molecule has 7 heteroatoms. The smallest absolute Gasteiger partial charge is 0.265 e. The molecular weight excluding hydrogens is 372 g/mol. The third kappa shape index (κ3) is 2.73. The molecule has 0 N–H and O–H groups in total. The molecule has 2 aliphatic heterocycles.